The minimum Gasteiger partial charge on any atom is -0.469 e. The van der Waals surface area contributed by atoms with Crippen LogP contribution in [0.2, 0.25) is 0 Å². The zero-order chi connectivity index (χ0) is 10.6. The fourth-order valence-electron chi connectivity index (χ4n) is 1.10. The van der Waals surface area contributed by atoms with Crippen LogP contribution >= 0.6 is 0 Å². The summed E-state index contributed by atoms with van der Waals surface area (Å²) in [4.78, 5) is 22.4. The molecule has 0 aliphatic carbocycles. The van der Waals surface area contributed by atoms with Gasteiger partial charge in [-0.2, -0.15) is 0 Å². The van der Waals surface area contributed by atoms with Crippen molar-refractivity contribution < 1.29 is 18.7 Å². The maximum absolute atomic E-state index is 11.4. The average Bonchev–Trinajstić information content (AvgIpc) is 2.69. The van der Waals surface area contributed by atoms with Crippen molar-refractivity contribution in [3.8, 4) is 0 Å². The average molecular weight is 196 g/mol. The molecule has 76 valence electrons. The highest BCUT2D eigenvalue weighted by Crippen LogP contribution is 2.11. The highest BCUT2D eigenvalue weighted by molar-refractivity contribution is 5.95. The largest absolute Gasteiger partial charge is 0.469 e. The molecule has 0 fully saturated rings. The number of esters is 1. The Balaban J connectivity index is 2.53. The van der Waals surface area contributed by atoms with Gasteiger partial charge in [-0.25, -0.2) is 0 Å². The Morgan fingerprint density at radius 1 is 1.57 bits per heavy atom. The lowest BCUT2D eigenvalue weighted by Gasteiger charge is -2.06. The molecule has 0 N–H and O–H groups in total. The van der Waals surface area contributed by atoms with Gasteiger partial charge in [0.2, 0.25) is 0 Å². The van der Waals surface area contributed by atoms with E-state index in [4.69, 9.17) is 4.42 Å². The third kappa shape index (κ3) is 2.45. The molecular weight excluding hydrogens is 184 g/mol. The summed E-state index contributed by atoms with van der Waals surface area (Å²) in [6.45, 7) is 1.65. The molecule has 4 heteroatoms. The predicted molar refractivity (Wildman–Crippen MR) is 48.8 cm³/mol. The first-order chi connectivity index (χ1) is 6.65. The van der Waals surface area contributed by atoms with Gasteiger partial charge in [0.05, 0.1) is 19.3 Å². The van der Waals surface area contributed by atoms with Gasteiger partial charge in [-0.15, -0.1) is 0 Å². The fraction of sp³-hybridized carbons (Fsp3) is 0.400. The fourth-order valence-corrected chi connectivity index (χ4v) is 1.10. The summed E-state index contributed by atoms with van der Waals surface area (Å²) < 4.78 is 9.42. The Morgan fingerprint density at radius 2 is 2.29 bits per heavy atom. The minimum atomic E-state index is -0.433. The van der Waals surface area contributed by atoms with Crippen LogP contribution in [0.5, 0.6) is 0 Å². The van der Waals surface area contributed by atoms with Gasteiger partial charge in [-0.05, 0) is 12.1 Å². The number of methoxy groups -OCH3 is 1. The first-order valence-corrected chi connectivity index (χ1v) is 4.29. The summed E-state index contributed by atoms with van der Waals surface area (Å²) in [6, 6.07) is 3.21. The Bertz CT molecular complexity index is 313. The third-order valence-electron chi connectivity index (χ3n) is 1.89. The number of hydrogen-bond donors (Lipinski definition) is 0. The van der Waals surface area contributed by atoms with Crippen molar-refractivity contribution in [1.82, 2.24) is 0 Å². The molecule has 0 spiro atoms. The maximum Gasteiger partial charge on any atom is 0.308 e. The normalized spacial score (nSPS) is 12.1. The topological polar surface area (TPSA) is 56.5 Å². The van der Waals surface area contributed by atoms with Crippen LogP contribution in [0.4, 0.5) is 0 Å². The van der Waals surface area contributed by atoms with Crippen molar-refractivity contribution in [2.24, 2.45) is 5.92 Å². The number of Topliss-reactive ketones (excluding diaryl/α,β-unsaturated/α-hetero) is 1. The van der Waals surface area contributed by atoms with Gasteiger partial charge in [-0.3, -0.25) is 9.59 Å². The van der Waals surface area contributed by atoms with Gasteiger partial charge in [0.15, 0.2) is 11.5 Å². The maximum atomic E-state index is 11.4. The van der Waals surface area contributed by atoms with Crippen LogP contribution < -0.4 is 0 Å². The van der Waals surface area contributed by atoms with Crippen LogP contribution in [0.1, 0.15) is 23.9 Å². The first-order valence-electron chi connectivity index (χ1n) is 4.29. The highest BCUT2D eigenvalue weighted by atomic mass is 16.5. The Hall–Kier alpha value is -1.58. The van der Waals surface area contributed by atoms with Crippen LogP contribution in [0.25, 0.3) is 0 Å². The highest BCUT2D eigenvalue weighted by Gasteiger charge is 2.19. The molecule has 0 aliphatic rings. The Kier molecular flexibility index (Phi) is 3.45. The molecule has 0 radical (unpaired) electrons. The van der Waals surface area contributed by atoms with Crippen molar-refractivity contribution in [1.29, 1.82) is 0 Å². The molecule has 0 saturated carbocycles. The summed E-state index contributed by atoms with van der Waals surface area (Å²) >= 11 is 0. The summed E-state index contributed by atoms with van der Waals surface area (Å²) in [5, 5.41) is 0. The summed E-state index contributed by atoms with van der Waals surface area (Å²) in [7, 11) is 1.30. The van der Waals surface area contributed by atoms with Crippen molar-refractivity contribution in [3.05, 3.63) is 24.2 Å². The molecule has 0 bridgehead atoms. The molecule has 1 rings (SSSR count). The van der Waals surface area contributed by atoms with Crippen LogP contribution in [0, 0.1) is 5.92 Å². The van der Waals surface area contributed by atoms with E-state index in [1.165, 1.54) is 13.4 Å². The Labute approximate surface area is 81.9 Å². The molecule has 1 atom stereocenters. The Morgan fingerprint density at radius 3 is 2.79 bits per heavy atom. The molecule has 0 saturated heterocycles. The molecule has 1 heterocycles. The molecular formula is C10H12O4. The van der Waals surface area contributed by atoms with E-state index in [1.807, 2.05) is 0 Å². The molecule has 0 amide bonds. The number of carbonyl (C=O) groups excluding carboxylic acids is 2. The monoisotopic (exact) mass is 196 g/mol. The summed E-state index contributed by atoms with van der Waals surface area (Å²) in [5.41, 5.74) is 0. The van der Waals surface area contributed by atoms with E-state index in [9.17, 15) is 9.59 Å². The third-order valence-corrected chi connectivity index (χ3v) is 1.89. The van der Waals surface area contributed by atoms with Crippen LogP contribution in [0.3, 0.4) is 0 Å². The van der Waals surface area contributed by atoms with Crippen molar-refractivity contribution in [2.45, 2.75) is 13.3 Å². The molecule has 1 aromatic rings. The molecule has 0 aromatic carbocycles. The van der Waals surface area contributed by atoms with Crippen LogP contribution in [-0.2, 0) is 9.53 Å². The van der Waals surface area contributed by atoms with Gasteiger partial charge < -0.3 is 9.15 Å². The molecule has 1 aromatic heterocycles. The standard InChI is InChI=1S/C10H12O4/c1-7(10(12)13-2)6-8(11)9-4-3-5-14-9/h3-5,7H,6H2,1-2H3/t7-/m0/s1. The van der Waals surface area contributed by atoms with Gasteiger partial charge >= 0.3 is 5.97 Å². The predicted octanol–water partition coefficient (Wildman–Crippen LogP) is 1.66. The van der Waals surface area contributed by atoms with Gasteiger partial charge in [0, 0.05) is 6.42 Å². The number of rotatable bonds is 4. The number of furan rings is 1. The second-order valence-electron chi connectivity index (χ2n) is 3.03. The number of hydrogen-bond acceptors (Lipinski definition) is 4. The van der Waals surface area contributed by atoms with E-state index >= 15 is 0 Å². The van der Waals surface area contributed by atoms with Gasteiger partial charge in [-0.1, -0.05) is 6.92 Å². The SMILES string of the molecule is COC(=O)[C@@H](C)CC(=O)c1ccco1. The van der Waals surface area contributed by atoms with E-state index in [1.54, 1.807) is 19.1 Å². The van der Waals surface area contributed by atoms with Gasteiger partial charge in [0.1, 0.15) is 0 Å². The quantitative estimate of drug-likeness (QED) is 0.542. The second-order valence-corrected chi connectivity index (χ2v) is 3.03. The molecule has 4 nitrogen and oxygen atoms in total. The number of carbonyl (C=O) groups is 2. The smallest absolute Gasteiger partial charge is 0.308 e. The lowest BCUT2D eigenvalue weighted by atomic mass is 10.0. The molecule has 0 unspecified atom stereocenters. The van der Waals surface area contributed by atoms with E-state index in [0.717, 1.165) is 0 Å². The summed E-state index contributed by atoms with van der Waals surface area (Å²) in [6.07, 6.45) is 1.54. The van der Waals surface area contributed by atoms with E-state index in [0.29, 0.717) is 0 Å². The van der Waals surface area contributed by atoms with E-state index < -0.39 is 5.92 Å². The minimum absolute atomic E-state index is 0.111. The first kappa shape index (κ1) is 10.5. The van der Waals surface area contributed by atoms with Gasteiger partial charge in [0.25, 0.3) is 0 Å². The van der Waals surface area contributed by atoms with Crippen LogP contribution in [-0.4, -0.2) is 18.9 Å². The van der Waals surface area contributed by atoms with E-state index in [2.05, 4.69) is 4.74 Å². The lowest BCUT2D eigenvalue weighted by Crippen LogP contribution is -2.16. The van der Waals surface area contributed by atoms with Crippen molar-refractivity contribution >= 4 is 11.8 Å². The lowest BCUT2D eigenvalue weighted by molar-refractivity contribution is -0.144. The van der Waals surface area contributed by atoms with E-state index in [-0.39, 0.29) is 23.9 Å². The number of ketones is 1. The zero-order valence-electron chi connectivity index (χ0n) is 8.15. The summed E-state index contributed by atoms with van der Waals surface area (Å²) in [5.74, 6) is -0.726. The molecule has 14 heavy (non-hydrogen) atoms. The number of ether oxygens (including phenoxy) is 1. The van der Waals surface area contributed by atoms with Crippen molar-refractivity contribution in [3.63, 3.8) is 0 Å². The van der Waals surface area contributed by atoms with Crippen molar-refractivity contribution in [2.75, 3.05) is 7.11 Å². The second kappa shape index (κ2) is 4.60. The van der Waals surface area contributed by atoms with Crippen LogP contribution in [0.15, 0.2) is 22.8 Å². The zero-order valence-corrected chi connectivity index (χ0v) is 8.15. The molecule has 0 aliphatic heterocycles.